The van der Waals surface area contributed by atoms with Crippen LogP contribution in [0.4, 0.5) is 0 Å². The van der Waals surface area contributed by atoms with Crippen LogP contribution in [0.15, 0.2) is 24.3 Å². The molecule has 0 aromatic rings. The van der Waals surface area contributed by atoms with Crippen LogP contribution in [0.25, 0.3) is 0 Å². The van der Waals surface area contributed by atoms with Gasteiger partial charge in [-0.3, -0.25) is 0 Å². The standard InChI is InChI=1S/C15H23NO3/c1-4-17-15(18-5-2,19-6-3)12-14(13-16)10-8-7-9-11-14/h8-11H,4-7,12H2,1-3H3. The van der Waals surface area contributed by atoms with E-state index in [9.17, 15) is 5.26 Å². The van der Waals surface area contributed by atoms with Crippen LogP contribution in [-0.2, 0) is 14.2 Å². The van der Waals surface area contributed by atoms with Crippen LogP contribution in [0.3, 0.4) is 0 Å². The zero-order valence-corrected chi connectivity index (χ0v) is 12.0. The third kappa shape index (κ3) is 4.17. The number of rotatable bonds is 8. The summed E-state index contributed by atoms with van der Waals surface area (Å²) in [6, 6.07) is 2.33. The molecule has 0 fully saturated rings. The van der Waals surface area contributed by atoms with E-state index in [1.165, 1.54) is 0 Å². The molecule has 19 heavy (non-hydrogen) atoms. The van der Waals surface area contributed by atoms with Gasteiger partial charge in [-0.05, 0) is 27.2 Å². The second-order valence-corrected chi connectivity index (χ2v) is 4.35. The molecule has 0 spiro atoms. The molecule has 0 heterocycles. The van der Waals surface area contributed by atoms with Gasteiger partial charge in [0.15, 0.2) is 0 Å². The van der Waals surface area contributed by atoms with Crippen molar-refractivity contribution >= 4 is 0 Å². The monoisotopic (exact) mass is 265 g/mol. The van der Waals surface area contributed by atoms with Gasteiger partial charge < -0.3 is 14.2 Å². The number of nitrogens with zero attached hydrogens (tertiary/aromatic N) is 1. The molecule has 4 nitrogen and oxygen atoms in total. The van der Waals surface area contributed by atoms with E-state index in [4.69, 9.17) is 14.2 Å². The van der Waals surface area contributed by atoms with Crippen molar-refractivity contribution in [2.24, 2.45) is 5.41 Å². The van der Waals surface area contributed by atoms with Gasteiger partial charge in [0.2, 0.25) is 0 Å². The molecule has 1 aliphatic rings. The maximum atomic E-state index is 9.49. The van der Waals surface area contributed by atoms with E-state index in [1.807, 2.05) is 45.1 Å². The predicted molar refractivity (Wildman–Crippen MR) is 73.2 cm³/mol. The van der Waals surface area contributed by atoms with Gasteiger partial charge in [0.05, 0.1) is 12.5 Å². The average molecular weight is 265 g/mol. The van der Waals surface area contributed by atoms with E-state index in [0.29, 0.717) is 26.2 Å². The van der Waals surface area contributed by atoms with Gasteiger partial charge in [-0.25, -0.2) is 0 Å². The van der Waals surface area contributed by atoms with Gasteiger partial charge in [0.1, 0.15) is 5.41 Å². The van der Waals surface area contributed by atoms with Gasteiger partial charge in [-0.2, -0.15) is 5.26 Å². The zero-order valence-electron chi connectivity index (χ0n) is 12.0. The minimum atomic E-state index is -1.15. The Kier molecular flexibility index (Phi) is 6.23. The minimum Gasteiger partial charge on any atom is -0.328 e. The summed E-state index contributed by atoms with van der Waals surface area (Å²) in [6.45, 7) is 7.06. The smallest absolute Gasteiger partial charge is 0.285 e. The second kappa shape index (κ2) is 7.44. The zero-order chi connectivity index (χ0) is 14.2. The van der Waals surface area contributed by atoms with Gasteiger partial charge in [0, 0.05) is 19.8 Å². The highest BCUT2D eigenvalue weighted by Crippen LogP contribution is 2.37. The fourth-order valence-corrected chi connectivity index (χ4v) is 2.22. The molecule has 0 saturated carbocycles. The maximum absolute atomic E-state index is 9.49. The molecule has 0 bridgehead atoms. The summed E-state index contributed by atoms with van der Waals surface area (Å²) in [7, 11) is 0. The molecule has 0 aromatic heterocycles. The number of hydrogen-bond acceptors (Lipinski definition) is 4. The number of nitriles is 1. The lowest BCUT2D eigenvalue weighted by Gasteiger charge is -2.37. The first kappa shape index (κ1) is 15.9. The van der Waals surface area contributed by atoms with Crippen molar-refractivity contribution in [3.05, 3.63) is 24.3 Å². The number of hydrogen-bond donors (Lipinski definition) is 0. The first-order valence-electron chi connectivity index (χ1n) is 6.84. The Morgan fingerprint density at radius 1 is 1.05 bits per heavy atom. The Hall–Kier alpha value is -1.15. The maximum Gasteiger partial charge on any atom is 0.285 e. The molecule has 4 heteroatoms. The van der Waals surface area contributed by atoms with Crippen LogP contribution >= 0.6 is 0 Å². The van der Waals surface area contributed by atoms with Crippen molar-refractivity contribution in [3.8, 4) is 6.07 Å². The van der Waals surface area contributed by atoms with Crippen LogP contribution in [0, 0.1) is 16.7 Å². The Balaban J connectivity index is 2.97. The third-order valence-electron chi connectivity index (χ3n) is 2.91. The molecule has 0 atom stereocenters. The average Bonchev–Trinajstić information content (AvgIpc) is 2.40. The summed E-state index contributed by atoms with van der Waals surface area (Å²) >= 11 is 0. The molecule has 1 rings (SSSR count). The van der Waals surface area contributed by atoms with Gasteiger partial charge >= 0.3 is 0 Å². The van der Waals surface area contributed by atoms with Crippen LogP contribution in [0.1, 0.15) is 33.6 Å². The number of ether oxygens (including phenoxy) is 3. The molecule has 0 unspecified atom stereocenters. The van der Waals surface area contributed by atoms with Crippen molar-refractivity contribution in [2.45, 2.75) is 39.6 Å². The van der Waals surface area contributed by atoms with Crippen molar-refractivity contribution in [1.82, 2.24) is 0 Å². The fourth-order valence-electron chi connectivity index (χ4n) is 2.22. The van der Waals surface area contributed by atoms with Crippen molar-refractivity contribution in [1.29, 1.82) is 5.26 Å². The molecule has 0 aromatic carbocycles. The summed E-state index contributed by atoms with van der Waals surface area (Å²) in [5.74, 6) is -1.15. The lowest BCUT2D eigenvalue weighted by molar-refractivity contribution is -0.383. The van der Waals surface area contributed by atoms with Crippen LogP contribution < -0.4 is 0 Å². The molecule has 0 radical (unpaired) electrons. The molecular weight excluding hydrogens is 242 g/mol. The van der Waals surface area contributed by atoms with E-state index in [0.717, 1.165) is 6.42 Å². The van der Waals surface area contributed by atoms with Crippen molar-refractivity contribution in [3.63, 3.8) is 0 Å². The summed E-state index contributed by atoms with van der Waals surface area (Å²) in [6.07, 6.45) is 8.96. The van der Waals surface area contributed by atoms with E-state index < -0.39 is 11.4 Å². The van der Waals surface area contributed by atoms with Crippen molar-refractivity contribution < 1.29 is 14.2 Å². The van der Waals surface area contributed by atoms with Crippen molar-refractivity contribution in [2.75, 3.05) is 19.8 Å². The predicted octanol–water partition coefficient (Wildman–Crippen LogP) is 3.17. The van der Waals surface area contributed by atoms with Crippen LogP contribution in [-0.4, -0.2) is 25.8 Å². The van der Waals surface area contributed by atoms with E-state index in [1.54, 1.807) is 0 Å². The summed E-state index contributed by atoms with van der Waals surface area (Å²) in [5.41, 5.74) is -0.724. The van der Waals surface area contributed by atoms with Crippen LogP contribution in [0.5, 0.6) is 0 Å². The third-order valence-corrected chi connectivity index (χ3v) is 2.91. The molecule has 0 N–H and O–H groups in total. The summed E-state index contributed by atoms with van der Waals surface area (Å²) < 4.78 is 17.0. The lowest BCUT2D eigenvalue weighted by Crippen LogP contribution is -2.43. The van der Waals surface area contributed by atoms with Crippen LogP contribution in [0.2, 0.25) is 0 Å². The Morgan fingerprint density at radius 2 is 1.53 bits per heavy atom. The van der Waals surface area contributed by atoms with E-state index in [2.05, 4.69) is 6.07 Å². The first-order valence-corrected chi connectivity index (χ1v) is 6.84. The molecule has 106 valence electrons. The Morgan fingerprint density at radius 3 is 1.89 bits per heavy atom. The molecule has 0 saturated heterocycles. The van der Waals surface area contributed by atoms with Gasteiger partial charge in [0.25, 0.3) is 5.97 Å². The van der Waals surface area contributed by atoms with E-state index >= 15 is 0 Å². The highest BCUT2D eigenvalue weighted by atomic mass is 16.9. The quantitative estimate of drug-likeness (QED) is 0.499. The Bertz CT molecular complexity index is 339. The molecule has 0 aliphatic heterocycles. The highest BCUT2D eigenvalue weighted by molar-refractivity contribution is 5.27. The largest absolute Gasteiger partial charge is 0.328 e. The normalized spacial score (nSPS) is 17.4. The highest BCUT2D eigenvalue weighted by Gasteiger charge is 2.42. The molecule has 1 aliphatic carbocycles. The summed E-state index contributed by atoms with van der Waals surface area (Å²) in [4.78, 5) is 0. The minimum absolute atomic E-state index is 0.332. The second-order valence-electron chi connectivity index (χ2n) is 4.35. The molecule has 0 amide bonds. The first-order chi connectivity index (χ1) is 9.16. The lowest BCUT2D eigenvalue weighted by atomic mass is 9.81. The Labute approximate surface area is 115 Å². The SMILES string of the molecule is CCOC(CC1(C#N)C=CCC=C1)(OCC)OCC. The number of allylic oxidation sites excluding steroid dienone is 4. The topological polar surface area (TPSA) is 51.5 Å². The van der Waals surface area contributed by atoms with Gasteiger partial charge in [-0.15, -0.1) is 0 Å². The molecular formula is C15H23NO3. The fraction of sp³-hybridized carbons (Fsp3) is 0.667. The van der Waals surface area contributed by atoms with E-state index in [-0.39, 0.29) is 0 Å². The van der Waals surface area contributed by atoms with Gasteiger partial charge in [-0.1, -0.05) is 24.3 Å². The summed E-state index contributed by atoms with van der Waals surface area (Å²) in [5, 5.41) is 9.49.